The van der Waals surface area contributed by atoms with Gasteiger partial charge in [0.05, 0.1) is 13.2 Å². The van der Waals surface area contributed by atoms with E-state index in [2.05, 4.69) is 0 Å². The standard InChI is InChI=1S/C24H18F2O2/c25-17-5-7-19-15(13-17)3-9-21-23(19)24-20-8-6-18(26)14-16(20)4-10-22(24)28-12-2-1-11-27-21/h3-10,13-14H,1-2,11-12H2. The Morgan fingerprint density at radius 1 is 0.571 bits per heavy atom. The molecule has 4 aromatic rings. The average molecular weight is 376 g/mol. The maximum atomic E-state index is 13.8. The molecule has 28 heavy (non-hydrogen) atoms. The van der Waals surface area contributed by atoms with E-state index in [1.54, 1.807) is 12.1 Å². The first-order valence-corrected chi connectivity index (χ1v) is 9.41. The molecule has 1 heterocycles. The van der Waals surface area contributed by atoms with Gasteiger partial charge >= 0.3 is 0 Å². The normalized spacial score (nSPS) is 14.1. The third-order valence-corrected chi connectivity index (χ3v) is 5.19. The number of fused-ring (bicyclic) bond motifs is 7. The first-order valence-electron chi connectivity index (χ1n) is 9.41. The molecule has 0 amide bonds. The van der Waals surface area contributed by atoms with Gasteiger partial charge in [-0.1, -0.05) is 24.3 Å². The summed E-state index contributed by atoms with van der Waals surface area (Å²) < 4.78 is 39.9. The van der Waals surface area contributed by atoms with Crippen LogP contribution in [0.1, 0.15) is 12.8 Å². The smallest absolute Gasteiger partial charge is 0.127 e. The number of halogens is 2. The van der Waals surface area contributed by atoms with Crippen molar-refractivity contribution in [3.05, 3.63) is 72.3 Å². The molecular weight excluding hydrogens is 358 g/mol. The van der Waals surface area contributed by atoms with Crippen molar-refractivity contribution < 1.29 is 18.3 Å². The lowest BCUT2D eigenvalue weighted by Gasteiger charge is -2.21. The van der Waals surface area contributed by atoms with Gasteiger partial charge in [-0.3, -0.25) is 0 Å². The molecule has 0 aromatic heterocycles. The van der Waals surface area contributed by atoms with Crippen molar-refractivity contribution in [2.75, 3.05) is 13.2 Å². The summed E-state index contributed by atoms with van der Waals surface area (Å²) in [6, 6.07) is 17.0. The minimum absolute atomic E-state index is 0.287. The van der Waals surface area contributed by atoms with Crippen LogP contribution in [0, 0.1) is 11.6 Å². The molecule has 1 aliphatic rings. The fourth-order valence-corrected chi connectivity index (χ4v) is 3.89. The number of hydrogen-bond donors (Lipinski definition) is 0. The van der Waals surface area contributed by atoms with Gasteiger partial charge in [-0.25, -0.2) is 8.78 Å². The van der Waals surface area contributed by atoms with Gasteiger partial charge in [0.15, 0.2) is 0 Å². The summed E-state index contributed by atoms with van der Waals surface area (Å²) in [6.07, 6.45) is 1.77. The van der Waals surface area contributed by atoms with Crippen LogP contribution in [0.2, 0.25) is 0 Å². The van der Waals surface area contributed by atoms with E-state index in [-0.39, 0.29) is 11.6 Å². The van der Waals surface area contributed by atoms with Crippen LogP contribution < -0.4 is 9.47 Å². The first-order chi connectivity index (χ1) is 13.7. The van der Waals surface area contributed by atoms with Crippen LogP contribution in [0.4, 0.5) is 8.78 Å². The summed E-state index contributed by atoms with van der Waals surface area (Å²) in [5.74, 6) is 0.875. The second-order valence-electron chi connectivity index (χ2n) is 7.01. The predicted octanol–water partition coefficient (Wildman–Crippen LogP) is 6.49. The van der Waals surface area contributed by atoms with Crippen molar-refractivity contribution in [1.29, 1.82) is 0 Å². The Hall–Kier alpha value is -3.14. The van der Waals surface area contributed by atoms with E-state index < -0.39 is 0 Å². The quantitative estimate of drug-likeness (QED) is 0.349. The molecule has 0 spiro atoms. The van der Waals surface area contributed by atoms with Gasteiger partial charge in [0.25, 0.3) is 0 Å². The highest BCUT2D eigenvalue weighted by atomic mass is 19.1. The van der Waals surface area contributed by atoms with Gasteiger partial charge in [0.2, 0.25) is 0 Å². The molecule has 0 saturated heterocycles. The summed E-state index contributed by atoms with van der Waals surface area (Å²) >= 11 is 0. The van der Waals surface area contributed by atoms with Crippen molar-refractivity contribution in [2.45, 2.75) is 12.8 Å². The average Bonchev–Trinajstić information content (AvgIpc) is 2.70. The highest BCUT2D eigenvalue weighted by Crippen LogP contribution is 2.46. The summed E-state index contributed by atoms with van der Waals surface area (Å²) in [4.78, 5) is 0. The Labute approximate surface area is 161 Å². The topological polar surface area (TPSA) is 18.5 Å². The third-order valence-electron chi connectivity index (χ3n) is 5.19. The lowest BCUT2D eigenvalue weighted by Crippen LogP contribution is -2.07. The second-order valence-corrected chi connectivity index (χ2v) is 7.01. The van der Waals surface area contributed by atoms with Gasteiger partial charge in [-0.05, 0) is 70.8 Å². The Bertz CT molecular complexity index is 1110. The Kier molecular flexibility index (Phi) is 4.12. The van der Waals surface area contributed by atoms with E-state index in [0.29, 0.717) is 13.2 Å². The molecule has 5 rings (SSSR count). The van der Waals surface area contributed by atoms with Crippen molar-refractivity contribution in [2.24, 2.45) is 0 Å². The van der Waals surface area contributed by atoms with Crippen LogP contribution in [0.5, 0.6) is 11.5 Å². The molecule has 4 aromatic carbocycles. The first kappa shape index (κ1) is 17.0. The second kappa shape index (κ2) is 6.79. The molecular formula is C24H18F2O2. The molecule has 0 unspecified atom stereocenters. The minimum atomic E-state index is -0.287. The van der Waals surface area contributed by atoms with E-state index >= 15 is 0 Å². The largest absolute Gasteiger partial charge is 0.493 e. The zero-order valence-corrected chi connectivity index (χ0v) is 15.2. The fraction of sp³-hybridized carbons (Fsp3) is 0.167. The van der Waals surface area contributed by atoms with Gasteiger partial charge < -0.3 is 9.47 Å². The fourth-order valence-electron chi connectivity index (χ4n) is 3.89. The summed E-state index contributed by atoms with van der Waals surface area (Å²) in [5.41, 5.74) is 1.71. The van der Waals surface area contributed by atoms with Crippen LogP contribution in [0.3, 0.4) is 0 Å². The van der Waals surface area contributed by atoms with Gasteiger partial charge in [0.1, 0.15) is 23.1 Å². The third kappa shape index (κ3) is 2.85. The highest BCUT2D eigenvalue weighted by molar-refractivity contribution is 6.09. The van der Waals surface area contributed by atoms with E-state index in [9.17, 15) is 8.78 Å². The zero-order valence-electron chi connectivity index (χ0n) is 15.2. The Morgan fingerprint density at radius 2 is 1.04 bits per heavy atom. The molecule has 0 saturated carbocycles. The SMILES string of the molecule is Fc1ccc2c3c(ccc2c1)OCCCCOc1ccc2cc(F)ccc2c1-3. The Balaban J connectivity index is 1.92. The number of hydrogen-bond acceptors (Lipinski definition) is 2. The molecule has 0 N–H and O–H groups in total. The molecule has 0 atom stereocenters. The van der Waals surface area contributed by atoms with E-state index in [1.165, 1.54) is 24.3 Å². The minimum Gasteiger partial charge on any atom is -0.493 e. The van der Waals surface area contributed by atoms with E-state index in [0.717, 1.165) is 57.0 Å². The predicted molar refractivity (Wildman–Crippen MR) is 107 cm³/mol. The maximum absolute atomic E-state index is 13.8. The highest BCUT2D eigenvalue weighted by Gasteiger charge is 2.20. The molecule has 0 bridgehead atoms. The molecule has 0 fully saturated rings. The monoisotopic (exact) mass is 376 g/mol. The van der Waals surface area contributed by atoms with Crippen LogP contribution in [-0.2, 0) is 0 Å². The molecule has 0 aliphatic carbocycles. The van der Waals surface area contributed by atoms with Crippen LogP contribution in [0.25, 0.3) is 32.7 Å². The number of benzene rings is 4. The maximum Gasteiger partial charge on any atom is 0.127 e. The molecule has 2 nitrogen and oxygen atoms in total. The number of rotatable bonds is 0. The zero-order chi connectivity index (χ0) is 19.1. The lowest BCUT2D eigenvalue weighted by molar-refractivity contribution is 0.264. The van der Waals surface area contributed by atoms with Crippen molar-refractivity contribution in [3.8, 4) is 22.6 Å². The van der Waals surface area contributed by atoms with Gasteiger partial charge in [-0.15, -0.1) is 0 Å². The van der Waals surface area contributed by atoms with Crippen molar-refractivity contribution >= 4 is 21.5 Å². The molecule has 4 heteroatoms. The van der Waals surface area contributed by atoms with Crippen LogP contribution in [0.15, 0.2) is 60.7 Å². The molecule has 1 aliphatic heterocycles. The van der Waals surface area contributed by atoms with Gasteiger partial charge in [0, 0.05) is 11.1 Å². The van der Waals surface area contributed by atoms with Crippen LogP contribution in [-0.4, -0.2) is 13.2 Å². The van der Waals surface area contributed by atoms with Crippen molar-refractivity contribution in [1.82, 2.24) is 0 Å². The lowest BCUT2D eigenvalue weighted by atomic mass is 9.92. The van der Waals surface area contributed by atoms with Crippen molar-refractivity contribution in [3.63, 3.8) is 0 Å². The van der Waals surface area contributed by atoms with E-state index in [4.69, 9.17) is 9.47 Å². The van der Waals surface area contributed by atoms with Crippen LogP contribution >= 0.6 is 0 Å². The summed E-state index contributed by atoms with van der Waals surface area (Å²) in [5, 5.41) is 3.32. The molecule has 140 valence electrons. The Morgan fingerprint density at radius 3 is 1.50 bits per heavy atom. The number of ether oxygens (including phenoxy) is 2. The van der Waals surface area contributed by atoms with Gasteiger partial charge in [-0.2, -0.15) is 0 Å². The summed E-state index contributed by atoms with van der Waals surface area (Å²) in [6.45, 7) is 1.16. The van der Waals surface area contributed by atoms with E-state index in [1.807, 2.05) is 24.3 Å². The summed E-state index contributed by atoms with van der Waals surface area (Å²) in [7, 11) is 0. The molecule has 0 radical (unpaired) electrons.